The van der Waals surface area contributed by atoms with Crippen molar-refractivity contribution in [2.45, 2.75) is 39.8 Å². The summed E-state index contributed by atoms with van der Waals surface area (Å²) in [7, 11) is 0. The third kappa shape index (κ3) is 3.78. The van der Waals surface area contributed by atoms with Crippen molar-refractivity contribution in [2.24, 2.45) is 0 Å². The van der Waals surface area contributed by atoms with Crippen LogP contribution in [0.5, 0.6) is 0 Å². The first-order valence-electron chi connectivity index (χ1n) is 6.52. The molecule has 0 spiro atoms. The van der Waals surface area contributed by atoms with Crippen molar-refractivity contribution in [1.29, 1.82) is 0 Å². The molecular weight excluding hydrogens is 232 g/mol. The van der Waals surface area contributed by atoms with Gasteiger partial charge in [-0.05, 0) is 27.7 Å². The molecule has 0 aromatic heterocycles. The topological polar surface area (TPSA) is 64.7 Å². The van der Waals surface area contributed by atoms with E-state index in [0.29, 0.717) is 12.1 Å². The molecule has 104 valence electrons. The number of hydrogen-bond donors (Lipinski definition) is 2. The standard InChI is InChI=1S/C9H18N2O.C3H6N2O/c1-7(2)10-5-6-11(8(3)4)9(10)12;6-3-4-1-2-5-3/h7-8H,5-6H2,1-4H3;1-2H2,(H2,4,5,6). The summed E-state index contributed by atoms with van der Waals surface area (Å²) in [4.78, 5) is 25.5. The van der Waals surface area contributed by atoms with Crippen LogP contribution in [0.1, 0.15) is 27.7 Å². The second-order valence-electron chi connectivity index (χ2n) is 5.04. The molecule has 0 radical (unpaired) electrons. The van der Waals surface area contributed by atoms with Crippen LogP contribution in [0.25, 0.3) is 0 Å². The van der Waals surface area contributed by atoms with Crippen LogP contribution in [0.2, 0.25) is 0 Å². The Hall–Kier alpha value is -1.46. The van der Waals surface area contributed by atoms with E-state index in [1.165, 1.54) is 0 Å². The van der Waals surface area contributed by atoms with Crippen molar-refractivity contribution in [3.05, 3.63) is 0 Å². The van der Waals surface area contributed by atoms with E-state index in [-0.39, 0.29) is 12.1 Å². The van der Waals surface area contributed by atoms with E-state index in [1.54, 1.807) is 0 Å². The first kappa shape index (κ1) is 14.6. The van der Waals surface area contributed by atoms with Gasteiger partial charge in [0, 0.05) is 38.3 Å². The lowest BCUT2D eigenvalue weighted by molar-refractivity contribution is 0.175. The van der Waals surface area contributed by atoms with Crippen LogP contribution < -0.4 is 10.6 Å². The molecular formula is C12H24N4O2. The van der Waals surface area contributed by atoms with Gasteiger partial charge < -0.3 is 20.4 Å². The lowest BCUT2D eigenvalue weighted by atomic mass is 10.3. The summed E-state index contributed by atoms with van der Waals surface area (Å²) in [5, 5.41) is 5.14. The number of hydrogen-bond acceptors (Lipinski definition) is 2. The Bertz CT molecular complexity index is 278. The molecule has 0 saturated carbocycles. The Balaban J connectivity index is 0.000000225. The summed E-state index contributed by atoms with van der Waals surface area (Å²) in [5.74, 6) is 0. The van der Waals surface area contributed by atoms with Gasteiger partial charge in [0.1, 0.15) is 0 Å². The zero-order chi connectivity index (χ0) is 13.7. The average Bonchev–Trinajstić information content (AvgIpc) is 2.87. The molecule has 0 aromatic carbocycles. The SMILES string of the molecule is CC(C)N1CCN(C(C)C)C1=O.O=C1NCCN1. The van der Waals surface area contributed by atoms with Crippen LogP contribution in [-0.4, -0.2) is 60.1 Å². The molecule has 6 nitrogen and oxygen atoms in total. The van der Waals surface area contributed by atoms with Gasteiger partial charge in [-0.3, -0.25) is 0 Å². The quantitative estimate of drug-likeness (QED) is 0.769. The minimum atomic E-state index is -0.0463. The molecule has 4 amide bonds. The molecule has 0 aromatic rings. The maximum absolute atomic E-state index is 11.6. The lowest BCUT2D eigenvalue weighted by Gasteiger charge is -2.23. The molecule has 0 unspecified atom stereocenters. The monoisotopic (exact) mass is 256 g/mol. The highest BCUT2D eigenvalue weighted by molar-refractivity contribution is 5.77. The minimum absolute atomic E-state index is 0.0463. The van der Waals surface area contributed by atoms with E-state index in [4.69, 9.17) is 0 Å². The first-order chi connectivity index (χ1) is 8.43. The normalized spacial score (nSPS) is 19.0. The van der Waals surface area contributed by atoms with Crippen molar-refractivity contribution in [1.82, 2.24) is 20.4 Å². The molecule has 2 fully saturated rings. The maximum atomic E-state index is 11.6. The average molecular weight is 256 g/mol. The summed E-state index contributed by atoms with van der Waals surface area (Å²) in [6, 6.07) is 0.817. The number of carbonyl (C=O) groups excluding carboxylic acids is 2. The Morgan fingerprint density at radius 3 is 1.44 bits per heavy atom. The van der Waals surface area contributed by atoms with Crippen molar-refractivity contribution in [2.75, 3.05) is 26.2 Å². The largest absolute Gasteiger partial charge is 0.336 e. The van der Waals surface area contributed by atoms with Gasteiger partial charge >= 0.3 is 12.1 Å². The Kier molecular flexibility index (Phi) is 5.25. The van der Waals surface area contributed by atoms with Crippen molar-refractivity contribution in [3.63, 3.8) is 0 Å². The van der Waals surface area contributed by atoms with Crippen molar-refractivity contribution >= 4 is 12.1 Å². The number of rotatable bonds is 2. The maximum Gasteiger partial charge on any atom is 0.320 e. The van der Waals surface area contributed by atoms with Gasteiger partial charge in [-0.1, -0.05) is 0 Å². The fourth-order valence-electron chi connectivity index (χ4n) is 1.94. The highest BCUT2D eigenvalue weighted by Gasteiger charge is 2.31. The smallest absolute Gasteiger partial charge is 0.320 e. The third-order valence-electron chi connectivity index (χ3n) is 3.02. The highest BCUT2D eigenvalue weighted by atomic mass is 16.2. The molecule has 2 rings (SSSR count). The molecule has 2 saturated heterocycles. The number of carbonyl (C=O) groups is 2. The van der Waals surface area contributed by atoms with Crippen LogP contribution in [0.15, 0.2) is 0 Å². The van der Waals surface area contributed by atoms with E-state index in [0.717, 1.165) is 26.2 Å². The summed E-state index contributed by atoms with van der Waals surface area (Å²) in [6.07, 6.45) is 0. The fraction of sp³-hybridized carbons (Fsp3) is 0.833. The van der Waals surface area contributed by atoms with Gasteiger partial charge in [0.2, 0.25) is 0 Å². The van der Waals surface area contributed by atoms with E-state index in [9.17, 15) is 9.59 Å². The molecule has 0 atom stereocenters. The molecule has 0 bridgehead atoms. The van der Waals surface area contributed by atoms with Crippen LogP contribution in [0, 0.1) is 0 Å². The van der Waals surface area contributed by atoms with Crippen molar-refractivity contribution in [3.8, 4) is 0 Å². The lowest BCUT2D eigenvalue weighted by Crippen LogP contribution is -2.39. The number of nitrogens with zero attached hydrogens (tertiary/aromatic N) is 2. The molecule has 2 N–H and O–H groups in total. The zero-order valence-electron chi connectivity index (χ0n) is 11.7. The molecule has 2 heterocycles. The van der Waals surface area contributed by atoms with Gasteiger partial charge in [0.05, 0.1) is 0 Å². The molecule has 6 heteroatoms. The van der Waals surface area contributed by atoms with E-state index >= 15 is 0 Å². The van der Waals surface area contributed by atoms with Crippen molar-refractivity contribution < 1.29 is 9.59 Å². The fourth-order valence-corrected chi connectivity index (χ4v) is 1.94. The minimum Gasteiger partial charge on any atom is -0.336 e. The number of urea groups is 2. The number of amides is 4. The summed E-state index contributed by atoms with van der Waals surface area (Å²) in [6.45, 7) is 11.5. The van der Waals surface area contributed by atoms with Crippen LogP contribution in [-0.2, 0) is 0 Å². The molecule has 0 aliphatic carbocycles. The Morgan fingerprint density at radius 1 is 0.889 bits per heavy atom. The summed E-state index contributed by atoms with van der Waals surface area (Å²) < 4.78 is 0. The van der Waals surface area contributed by atoms with Gasteiger partial charge in [0.15, 0.2) is 0 Å². The zero-order valence-corrected chi connectivity index (χ0v) is 11.7. The van der Waals surface area contributed by atoms with Gasteiger partial charge in [-0.2, -0.15) is 0 Å². The molecule has 2 aliphatic heterocycles. The van der Waals surface area contributed by atoms with E-state index in [2.05, 4.69) is 38.3 Å². The van der Waals surface area contributed by atoms with Crippen LogP contribution in [0.4, 0.5) is 9.59 Å². The summed E-state index contributed by atoms with van der Waals surface area (Å²) >= 11 is 0. The second-order valence-corrected chi connectivity index (χ2v) is 5.04. The summed E-state index contributed by atoms with van der Waals surface area (Å²) in [5.41, 5.74) is 0. The van der Waals surface area contributed by atoms with Crippen LogP contribution >= 0.6 is 0 Å². The first-order valence-corrected chi connectivity index (χ1v) is 6.52. The number of nitrogens with one attached hydrogen (secondary N) is 2. The van der Waals surface area contributed by atoms with Gasteiger partial charge in [-0.25, -0.2) is 9.59 Å². The van der Waals surface area contributed by atoms with Crippen LogP contribution in [0.3, 0.4) is 0 Å². The molecule has 18 heavy (non-hydrogen) atoms. The predicted octanol–water partition coefficient (Wildman–Crippen LogP) is 0.840. The Labute approximate surface area is 109 Å². The third-order valence-corrected chi connectivity index (χ3v) is 3.02. The van der Waals surface area contributed by atoms with Gasteiger partial charge in [-0.15, -0.1) is 0 Å². The van der Waals surface area contributed by atoms with E-state index < -0.39 is 0 Å². The second kappa shape index (κ2) is 6.47. The highest BCUT2D eigenvalue weighted by Crippen LogP contribution is 2.14. The molecule has 2 aliphatic rings. The van der Waals surface area contributed by atoms with E-state index in [1.807, 2.05) is 9.80 Å². The Morgan fingerprint density at radius 2 is 1.28 bits per heavy atom. The predicted molar refractivity (Wildman–Crippen MR) is 70.5 cm³/mol. The van der Waals surface area contributed by atoms with Gasteiger partial charge in [0.25, 0.3) is 0 Å².